The molecule has 0 spiro atoms. The van der Waals surface area contributed by atoms with Crippen molar-refractivity contribution in [3.8, 4) is 11.8 Å². The summed E-state index contributed by atoms with van der Waals surface area (Å²) in [4.78, 5) is 17.3. The predicted octanol–water partition coefficient (Wildman–Crippen LogP) is 4.26. The third kappa shape index (κ3) is 5.59. The molecule has 1 N–H and O–H groups in total. The summed E-state index contributed by atoms with van der Waals surface area (Å²) in [5, 5.41) is 11.8. The highest BCUT2D eigenvalue weighted by Crippen LogP contribution is 2.24. The lowest BCUT2D eigenvalue weighted by atomic mass is 10.2. The number of anilines is 1. The van der Waals surface area contributed by atoms with Gasteiger partial charge < -0.3 is 10.1 Å². The minimum absolute atomic E-state index is 0.157. The number of aromatic nitrogens is 1. The lowest BCUT2D eigenvalue weighted by Crippen LogP contribution is -2.20. The number of nitrogens with zero attached hydrogens (tertiary/aromatic N) is 2. The second-order valence-electron chi connectivity index (χ2n) is 5.62. The molecule has 0 saturated heterocycles. The molecule has 0 radical (unpaired) electrons. The molecule has 2 aromatic carbocycles. The van der Waals surface area contributed by atoms with Crippen LogP contribution < -0.4 is 10.1 Å². The number of para-hydroxylation sites is 1. The highest BCUT2D eigenvalue weighted by Gasteiger charge is 2.07. The number of amides is 1. The number of rotatable bonds is 7. The predicted molar refractivity (Wildman–Crippen MR) is 106 cm³/mol. The topological polar surface area (TPSA) is 75.0 Å². The number of nitriles is 1. The quantitative estimate of drug-likeness (QED) is 0.625. The van der Waals surface area contributed by atoms with E-state index in [2.05, 4.69) is 10.3 Å². The number of carbonyl (C=O) groups is 1. The minimum atomic E-state index is -0.279. The zero-order valence-corrected chi connectivity index (χ0v) is 15.3. The molecule has 0 fully saturated rings. The van der Waals surface area contributed by atoms with Crippen molar-refractivity contribution in [1.82, 2.24) is 4.98 Å². The Morgan fingerprint density at radius 2 is 1.93 bits per heavy atom. The number of hydrogen-bond donors (Lipinski definition) is 1. The molecular formula is C21H17N3O2S. The maximum absolute atomic E-state index is 12.0. The first-order valence-electron chi connectivity index (χ1n) is 8.28. The van der Waals surface area contributed by atoms with E-state index in [-0.39, 0.29) is 12.5 Å². The van der Waals surface area contributed by atoms with Gasteiger partial charge in [0, 0.05) is 28.7 Å². The largest absolute Gasteiger partial charge is 0.482 e. The van der Waals surface area contributed by atoms with Gasteiger partial charge in [-0.25, -0.2) is 0 Å². The standard InChI is InChI=1S/C21H17N3O2S/c22-12-17-5-1-2-6-20(17)26-14-21(25)24-18-7-9-19(10-8-18)27-15-16-4-3-11-23-13-16/h1-11,13H,14-15H2,(H,24,25). The fourth-order valence-corrected chi connectivity index (χ4v) is 3.14. The first-order valence-corrected chi connectivity index (χ1v) is 9.27. The highest BCUT2D eigenvalue weighted by molar-refractivity contribution is 7.98. The molecule has 0 bridgehead atoms. The zero-order valence-electron chi connectivity index (χ0n) is 14.5. The summed E-state index contributed by atoms with van der Waals surface area (Å²) in [6, 6.07) is 20.5. The lowest BCUT2D eigenvalue weighted by Gasteiger charge is -2.09. The summed E-state index contributed by atoms with van der Waals surface area (Å²) in [6.07, 6.45) is 3.61. The van der Waals surface area contributed by atoms with Gasteiger partial charge in [-0.05, 0) is 48.0 Å². The maximum atomic E-state index is 12.0. The van der Waals surface area contributed by atoms with Gasteiger partial charge in [0.05, 0.1) is 5.56 Å². The van der Waals surface area contributed by atoms with Gasteiger partial charge in [-0.2, -0.15) is 5.26 Å². The first kappa shape index (κ1) is 18.5. The number of hydrogen-bond acceptors (Lipinski definition) is 5. The minimum Gasteiger partial charge on any atom is -0.482 e. The van der Waals surface area contributed by atoms with E-state index in [4.69, 9.17) is 10.00 Å². The molecule has 0 saturated carbocycles. The number of thioether (sulfide) groups is 1. The van der Waals surface area contributed by atoms with Crippen molar-refractivity contribution in [2.45, 2.75) is 10.6 Å². The van der Waals surface area contributed by atoms with Crippen molar-refractivity contribution in [3.05, 3.63) is 84.2 Å². The second-order valence-corrected chi connectivity index (χ2v) is 6.67. The van der Waals surface area contributed by atoms with Gasteiger partial charge in [0.1, 0.15) is 11.8 Å². The molecule has 1 heterocycles. The van der Waals surface area contributed by atoms with Crippen molar-refractivity contribution in [2.24, 2.45) is 0 Å². The smallest absolute Gasteiger partial charge is 0.262 e. The molecule has 1 amide bonds. The second kappa shape index (κ2) is 9.41. The molecule has 6 heteroatoms. The van der Waals surface area contributed by atoms with E-state index < -0.39 is 0 Å². The van der Waals surface area contributed by atoms with Crippen LogP contribution >= 0.6 is 11.8 Å². The Kier molecular flexibility index (Phi) is 6.45. The van der Waals surface area contributed by atoms with Crippen LogP contribution in [0.25, 0.3) is 0 Å². The Morgan fingerprint density at radius 3 is 2.67 bits per heavy atom. The molecule has 0 aliphatic heterocycles. The monoisotopic (exact) mass is 375 g/mol. The van der Waals surface area contributed by atoms with E-state index in [9.17, 15) is 4.79 Å². The van der Waals surface area contributed by atoms with Crippen molar-refractivity contribution in [1.29, 1.82) is 5.26 Å². The van der Waals surface area contributed by atoms with Gasteiger partial charge in [0.15, 0.2) is 6.61 Å². The number of nitrogens with one attached hydrogen (secondary N) is 1. The van der Waals surface area contributed by atoms with Gasteiger partial charge >= 0.3 is 0 Å². The molecule has 3 aromatic rings. The van der Waals surface area contributed by atoms with Crippen LogP contribution in [-0.2, 0) is 10.5 Å². The van der Waals surface area contributed by atoms with E-state index >= 15 is 0 Å². The average Bonchev–Trinajstić information content (AvgIpc) is 2.72. The van der Waals surface area contributed by atoms with Crippen molar-refractivity contribution in [2.75, 3.05) is 11.9 Å². The van der Waals surface area contributed by atoms with Crippen LogP contribution in [0.3, 0.4) is 0 Å². The summed E-state index contributed by atoms with van der Waals surface area (Å²) in [6.45, 7) is -0.157. The molecule has 3 rings (SSSR count). The fourth-order valence-electron chi connectivity index (χ4n) is 2.31. The Labute approximate surface area is 162 Å². The third-order valence-electron chi connectivity index (χ3n) is 3.63. The van der Waals surface area contributed by atoms with Crippen LogP contribution in [0.2, 0.25) is 0 Å². The number of ether oxygens (including phenoxy) is 1. The van der Waals surface area contributed by atoms with Crippen LogP contribution in [-0.4, -0.2) is 17.5 Å². The summed E-state index contributed by atoms with van der Waals surface area (Å²) in [5.41, 5.74) is 2.26. The van der Waals surface area contributed by atoms with Crippen LogP contribution in [0.4, 0.5) is 5.69 Å². The molecule has 5 nitrogen and oxygen atoms in total. The Hall–Kier alpha value is -3.30. The molecule has 0 atom stereocenters. The number of carbonyl (C=O) groups excluding carboxylic acids is 1. The van der Waals surface area contributed by atoms with Gasteiger partial charge in [0.2, 0.25) is 0 Å². The normalized spacial score (nSPS) is 10.0. The van der Waals surface area contributed by atoms with E-state index in [1.54, 1.807) is 42.2 Å². The number of benzene rings is 2. The van der Waals surface area contributed by atoms with Crippen molar-refractivity contribution in [3.63, 3.8) is 0 Å². The van der Waals surface area contributed by atoms with E-state index in [0.29, 0.717) is 17.0 Å². The van der Waals surface area contributed by atoms with Gasteiger partial charge in [0.25, 0.3) is 5.91 Å². The van der Waals surface area contributed by atoms with Crippen LogP contribution in [0.15, 0.2) is 78.0 Å². The third-order valence-corrected chi connectivity index (χ3v) is 4.72. The Morgan fingerprint density at radius 1 is 1.11 bits per heavy atom. The molecule has 0 aliphatic carbocycles. The average molecular weight is 375 g/mol. The van der Waals surface area contributed by atoms with Crippen molar-refractivity contribution >= 4 is 23.4 Å². The van der Waals surface area contributed by atoms with Gasteiger partial charge in [-0.15, -0.1) is 11.8 Å². The first-order chi connectivity index (χ1) is 13.2. The summed E-state index contributed by atoms with van der Waals surface area (Å²) in [5.74, 6) is 0.960. The summed E-state index contributed by atoms with van der Waals surface area (Å²) < 4.78 is 5.43. The highest BCUT2D eigenvalue weighted by atomic mass is 32.2. The van der Waals surface area contributed by atoms with Gasteiger partial charge in [-0.3, -0.25) is 9.78 Å². The van der Waals surface area contributed by atoms with E-state index in [1.165, 1.54) is 0 Å². The van der Waals surface area contributed by atoms with E-state index in [0.717, 1.165) is 16.2 Å². The van der Waals surface area contributed by atoms with E-state index in [1.807, 2.05) is 48.7 Å². The molecule has 1 aromatic heterocycles. The maximum Gasteiger partial charge on any atom is 0.262 e. The fraction of sp³-hybridized carbons (Fsp3) is 0.0952. The number of pyridine rings is 1. The van der Waals surface area contributed by atoms with Crippen LogP contribution in [0, 0.1) is 11.3 Å². The lowest BCUT2D eigenvalue weighted by molar-refractivity contribution is -0.118. The Balaban J connectivity index is 1.49. The van der Waals surface area contributed by atoms with Crippen LogP contribution in [0.5, 0.6) is 5.75 Å². The zero-order chi connectivity index (χ0) is 18.9. The molecule has 0 unspecified atom stereocenters. The van der Waals surface area contributed by atoms with Crippen molar-refractivity contribution < 1.29 is 9.53 Å². The molecular weight excluding hydrogens is 358 g/mol. The Bertz CT molecular complexity index is 938. The van der Waals surface area contributed by atoms with Gasteiger partial charge in [-0.1, -0.05) is 18.2 Å². The molecule has 27 heavy (non-hydrogen) atoms. The van der Waals surface area contributed by atoms with Crippen LogP contribution in [0.1, 0.15) is 11.1 Å². The summed E-state index contributed by atoms with van der Waals surface area (Å²) >= 11 is 1.70. The summed E-state index contributed by atoms with van der Waals surface area (Å²) in [7, 11) is 0. The molecule has 0 aliphatic rings. The SMILES string of the molecule is N#Cc1ccccc1OCC(=O)Nc1ccc(SCc2cccnc2)cc1. The molecule has 134 valence electrons.